The molecular weight excluding hydrogens is 461 g/mol. The molecule has 0 saturated heterocycles. The fourth-order valence-electron chi connectivity index (χ4n) is 1.85. The number of nitrogens with one attached hydrogen (secondary N) is 1. The van der Waals surface area contributed by atoms with Crippen LogP contribution in [0.15, 0.2) is 72.1 Å². The van der Waals surface area contributed by atoms with Crippen LogP contribution in [0.3, 0.4) is 0 Å². The Labute approximate surface area is 184 Å². The summed E-state index contributed by atoms with van der Waals surface area (Å²) in [6.07, 6.45) is 4.98. The van der Waals surface area contributed by atoms with Gasteiger partial charge in [-0.2, -0.15) is 10.2 Å². The molecule has 0 aliphatic heterocycles. The zero-order valence-electron chi connectivity index (χ0n) is 15.3. The summed E-state index contributed by atoms with van der Waals surface area (Å²) < 4.78 is 1.65. The molecule has 0 atom stereocenters. The maximum atomic E-state index is 11.8. The van der Waals surface area contributed by atoms with Gasteiger partial charge in [0.2, 0.25) is 0 Å². The maximum Gasteiger partial charge on any atom is 2.00 e. The molecule has 2 aromatic heterocycles. The Morgan fingerprint density at radius 3 is 2.13 bits per heavy atom. The second-order valence-electron chi connectivity index (χ2n) is 4.88. The van der Waals surface area contributed by atoms with Gasteiger partial charge < -0.3 is 30.6 Å². The molecule has 31 heavy (non-hydrogen) atoms. The molecule has 0 unspecified atom stereocenters. The van der Waals surface area contributed by atoms with Gasteiger partial charge in [0.25, 0.3) is 5.91 Å². The Hall–Kier alpha value is -4.37. The quantitative estimate of drug-likeness (QED) is 0.330. The topological polar surface area (TPSA) is 205 Å². The molecule has 1 aromatic carbocycles. The number of aromatic nitrogens is 3. The fraction of sp³-hybridized carbons (Fsp3) is 0. The molecule has 3 aromatic rings. The average Bonchev–Trinajstić information content (AvgIpc) is 3.23. The van der Waals surface area contributed by atoms with E-state index in [1.807, 2.05) is 24.3 Å². The summed E-state index contributed by atoms with van der Waals surface area (Å²) in [5.74, 6) is 0.420. The molecule has 0 saturated carbocycles. The number of pyridine rings is 1. The Kier molecular flexibility index (Phi) is 12.5. The first-order valence-corrected chi connectivity index (χ1v) is 7.78. The molecule has 1 radical (unpaired) electrons. The van der Waals surface area contributed by atoms with Gasteiger partial charge >= 0.3 is 16.8 Å². The molecule has 0 spiro atoms. The minimum absolute atomic E-state index is 0. The van der Waals surface area contributed by atoms with Crippen molar-refractivity contribution in [2.24, 2.45) is 5.10 Å². The summed E-state index contributed by atoms with van der Waals surface area (Å²) in [5.41, 5.74) is 3.65. The molecule has 163 valence electrons. The first kappa shape index (κ1) is 26.6. The molecule has 2 heterocycles. The molecule has 1 N–H and O–H groups in total. The number of nitrogens with zero attached hydrogens (tertiary/aromatic N) is 6. The smallest absolute Gasteiger partial charge is 0.356 e. The molecule has 1 amide bonds. The van der Waals surface area contributed by atoms with Gasteiger partial charge in [-0.15, -0.1) is 0 Å². The number of hydrazone groups is 1. The predicted octanol–water partition coefficient (Wildman–Crippen LogP) is 1.55. The Balaban J connectivity index is 0.000000867. The van der Waals surface area contributed by atoms with Crippen molar-refractivity contribution in [2.45, 2.75) is 0 Å². The van der Waals surface area contributed by atoms with E-state index in [4.69, 9.17) is 30.6 Å². The van der Waals surface area contributed by atoms with Gasteiger partial charge in [0.15, 0.2) is 5.82 Å². The predicted molar refractivity (Wildman–Crippen MR) is 104 cm³/mol. The van der Waals surface area contributed by atoms with E-state index in [-0.39, 0.29) is 22.7 Å². The number of carbonyl (C=O) groups excluding carboxylic acids is 1. The van der Waals surface area contributed by atoms with Gasteiger partial charge in [0, 0.05) is 18.0 Å². The molecule has 0 bridgehead atoms. The number of carbonyl (C=O) groups is 1. The van der Waals surface area contributed by atoms with Crippen LogP contribution >= 0.6 is 0 Å². The third-order valence-corrected chi connectivity index (χ3v) is 2.89. The SMILES string of the molecule is O=C(N/N=C/c1cccc(-n2cccn2)n1)c1ccccc1.O=[N+]([O-])[O-].O=[N+]([O-])[O-].[Co+2]. The number of hydrogen-bond acceptors (Lipinski definition) is 10. The van der Waals surface area contributed by atoms with Gasteiger partial charge in [0.05, 0.1) is 22.1 Å². The first-order chi connectivity index (χ1) is 14.3. The van der Waals surface area contributed by atoms with Crippen molar-refractivity contribution in [1.82, 2.24) is 20.2 Å². The van der Waals surface area contributed by atoms with Gasteiger partial charge in [-0.3, -0.25) is 4.79 Å². The minimum atomic E-state index is -1.75. The second-order valence-corrected chi connectivity index (χ2v) is 4.88. The van der Waals surface area contributed by atoms with Crippen molar-refractivity contribution >= 4 is 12.1 Å². The summed E-state index contributed by atoms with van der Waals surface area (Å²) >= 11 is 0. The van der Waals surface area contributed by atoms with E-state index in [0.717, 1.165) is 0 Å². The molecule has 3 rings (SSSR count). The standard InChI is InChI=1S/C16H13N5O.Co.2NO3/c22-16(13-6-2-1-3-7-13)20-17-12-14-8-4-9-15(19-14)21-11-5-10-18-21;;2*2-1(3)4/h1-12H,(H,20,22);;;/q;+2;2*-1/b17-12+;;;. The summed E-state index contributed by atoms with van der Waals surface area (Å²) in [6.45, 7) is 0. The minimum Gasteiger partial charge on any atom is -0.356 e. The van der Waals surface area contributed by atoms with Gasteiger partial charge in [-0.05, 0) is 30.3 Å². The average molecular weight is 474 g/mol. The van der Waals surface area contributed by atoms with Crippen molar-refractivity contribution in [3.05, 3.63) is 109 Å². The van der Waals surface area contributed by atoms with Gasteiger partial charge in [0.1, 0.15) is 0 Å². The van der Waals surface area contributed by atoms with Gasteiger partial charge in [-0.1, -0.05) is 24.3 Å². The molecular formula is C16H13CoN7O7. The van der Waals surface area contributed by atoms with Crippen molar-refractivity contribution in [3.8, 4) is 5.82 Å². The zero-order valence-corrected chi connectivity index (χ0v) is 16.3. The second kappa shape index (κ2) is 14.6. The summed E-state index contributed by atoms with van der Waals surface area (Å²) in [7, 11) is 0. The van der Waals surface area contributed by atoms with Crippen LogP contribution in [0.5, 0.6) is 0 Å². The van der Waals surface area contributed by atoms with E-state index in [0.29, 0.717) is 17.1 Å². The van der Waals surface area contributed by atoms with Crippen LogP contribution in [0.1, 0.15) is 16.1 Å². The fourth-order valence-corrected chi connectivity index (χ4v) is 1.85. The number of hydrogen-bond donors (Lipinski definition) is 1. The van der Waals surface area contributed by atoms with Crippen LogP contribution in [0.4, 0.5) is 0 Å². The zero-order chi connectivity index (χ0) is 22.4. The summed E-state index contributed by atoms with van der Waals surface area (Å²) in [4.78, 5) is 32.7. The monoisotopic (exact) mass is 474 g/mol. The molecule has 0 fully saturated rings. The van der Waals surface area contributed by atoms with Crippen LogP contribution in [0.2, 0.25) is 0 Å². The summed E-state index contributed by atoms with van der Waals surface area (Å²) in [5, 5.41) is 37.5. The van der Waals surface area contributed by atoms with E-state index < -0.39 is 10.2 Å². The van der Waals surface area contributed by atoms with Crippen LogP contribution in [0.25, 0.3) is 5.82 Å². The van der Waals surface area contributed by atoms with Crippen molar-refractivity contribution in [1.29, 1.82) is 0 Å². The molecule has 15 heteroatoms. The normalized spacial score (nSPS) is 9.16. The number of amides is 1. The molecule has 0 aliphatic carbocycles. The molecule has 14 nitrogen and oxygen atoms in total. The largest absolute Gasteiger partial charge is 2.00 e. The van der Waals surface area contributed by atoms with E-state index in [1.54, 1.807) is 47.4 Å². The Bertz CT molecular complexity index is 965. The van der Waals surface area contributed by atoms with Crippen LogP contribution in [-0.2, 0) is 16.8 Å². The van der Waals surface area contributed by atoms with Crippen LogP contribution < -0.4 is 5.43 Å². The van der Waals surface area contributed by atoms with Crippen molar-refractivity contribution < 1.29 is 31.7 Å². The third-order valence-electron chi connectivity index (χ3n) is 2.89. The van der Waals surface area contributed by atoms with Gasteiger partial charge in [-0.25, -0.2) is 15.1 Å². The van der Waals surface area contributed by atoms with Crippen LogP contribution in [-0.4, -0.2) is 37.1 Å². The number of rotatable bonds is 4. The van der Waals surface area contributed by atoms with E-state index >= 15 is 0 Å². The first-order valence-electron chi connectivity index (χ1n) is 7.78. The van der Waals surface area contributed by atoms with Crippen molar-refractivity contribution in [3.63, 3.8) is 0 Å². The van der Waals surface area contributed by atoms with E-state index in [2.05, 4.69) is 20.6 Å². The van der Waals surface area contributed by atoms with Crippen molar-refractivity contribution in [2.75, 3.05) is 0 Å². The van der Waals surface area contributed by atoms with E-state index in [1.165, 1.54) is 6.21 Å². The summed E-state index contributed by atoms with van der Waals surface area (Å²) in [6, 6.07) is 16.2. The number of benzene rings is 1. The third kappa shape index (κ3) is 11.9. The Morgan fingerprint density at radius 2 is 1.58 bits per heavy atom. The van der Waals surface area contributed by atoms with E-state index in [9.17, 15) is 4.79 Å². The molecule has 0 aliphatic rings. The van der Waals surface area contributed by atoms with Crippen LogP contribution in [0, 0.1) is 30.6 Å². The maximum absolute atomic E-state index is 11.8. The Morgan fingerprint density at radius 1 is 0.968 bits per heavy atom.